The summed E-state index contributed by atoms with van der Waals surface area (Å²) in [6, 6.07) is 0. The van der Waals surface area contributed by atoms with E-state index in [9.17, 15) is 9.59 Å². The first-order chi connectivity index (χ1) is 8.92. The summed E-state index contributed by atoms with van der Waals surface area (Å²) in [5.74, 6) is -0.938. The lowest BCUT2D eigenvalue weighted by molar-refractivity contribution is -0.142. The molecule has 1 atom stereocenters. The Morgan fingerprint density at radius 3 is 1.95 bits per heavy atom. The van der Waals surface area contributed by atoms with E-state index in [1.807, 2.05) is 13.8 Å². The van der Waals surface area contributed by atoms with Crippen molar-refractivity contribution in [3.8, 4) is 0 Å². The number of rotatable bonds is 10. The van der Waals surface area contributed by atoms with Gasteiger partial charge >= 0.3 is 5.97 Å². The fraction of sp³-hybridized carbons (Fsp3) is 0.867. The van der Waals surface area contributed by atoms with E-state index in [0.717, 1.165) is 25.7 Å². The van der Waals surface area contributed by atoms with E-state index in [0.29, 0.717) is 12.3 Å². The molecular formula is C15H29NO3. The van der Waals surface area contributed by atoms with Crippen molar-refractivity contribution in [1.82, 2.24) is 5.32 Å². The molecule has 0 aromatic carbocycles. The second kappa shape index (κ2) is 9.82. The Bertz CT molecular complexity index is 271. The van der Waals surface area contributed by atoms with Crippen molar-refractivity contribution < 1.29 is 14.7 Å². The van der Waals surface area contributed by atoms with Gasteiger partial charge in [0, 0.05) is 12.5 Å². The Hall–Kier alpha value is -1.06. The van der Waals surface area contributed by atoms with Crippen molar-refractivity contribution in [2.75, 3.05) is 6.54 Å². The molecule has 112 valence electrons. The van der Waals surface area contributed by atoms with Crippen molar-refractivity contribution in [2.45, 2.75) is 59.8 Å². The van der Waals surface area contributed by atoms with Gasteiger partial charge in [-0.15, -0.1) is 0 Å². The van der Waals surface area contributed by atoms with Crippen molar-refractivity contribution in [1.29, 1.82) is 0 Å². The molecule has 0 aliphatic rings. The van der Waals surface area contributed by atoms with Crippen LogP contribution in [0.15, 0.2) is 0 Å². The normalized spacial score (nSPS) is 12.7. The number of nitrogens with one attached hydrogen (secondary N) is 1. The molecule has 0 aromatic heterocycles. The molecule has 0 heterocycles. The first kappa shape index (κ1) is 17.9. The molecule has 1 amide bonds. The van der Waals surface area contributed by atoms with Gasteiger partial charge < -0.3 is 10.4 Å². The fourth-order valence-corrected chi connectivity index (χ4v) is 2.31. The van der Waals surface area contributed by atoms with Gasteiger partial charge in [0.25, 0.3) is 0 Å². The maximum absolute atomic E-state index is 12.0. The molecule has 0 spiro atoms. The summed E-state index contributed by atoms with van der Waals surface area (Å²) in [5, 5.41) is 11.9. The molecule has 0 bridgehead atoms. The second-order valence-electron chi connectivity index (χ2n) is 5.68. The Balaban J connectivity index is 4.32. The zero-order valence-corrected chi connectivity index (χ0v) is 12.7. The van der Waals surface area contributed by atoms with Gasteiger partial charge in [-0.25, -0.2) is 0 Å². The van der Waals surface area contributed by atoms with Crippen molar-refractivity contribution in [3.05, 3.63) is 0 Å². The van der Waals surface area contributed by atoms with E-state index in [1.54, 1.807) is 0 Å². The van der Waals surface area contributed by atoms with E-state index in [2.05, 4.69) is 19.2 Å². The van der Waals surface area contributed by atoms with Gasteiger partial charge in [-0.3, -0.25) is 9.59 Å². The molecule has 0 aliphatic carbocycles. The standard InChI is InChI=1S/C15H29NO3/c1-5-7-12(8-6-2)14(17)16-10-13(15(18)19)9-11(3)4/h11-13H,5-10H2,1-4H3,(H,16,17)(H,18,19). The molecule has 0 rings (SSSR count). The van der Waals surface area contributed by atoms with Crippen molar-refractivity contribution >= 4 is 11.9 Å². The van der Waals surface area contributed by atoms with Gasteiger partial charge in [0.2, 0.25) is 5.91 Å². The predicted octanol–water partition coefficient (Wildman–Crippen LogP) is 3.07. The predicted molar refractivity (Wildman–Crippen MR) is 76.9 cm³/mol. The Kier molecular flexibility index (Phi) is 9.27. The molecule has 0 aliphatic heterocycles. The van der Waals surface area contributed by atoms with Gasteiger partial charge in [-0.2, -0.15) is 0 Å². The van der Waals surface area contributed by atoms with E-state index < -0.39 is 11.9 Å². The molecule has 2 N–H and O–H groups in total. The van der Waals surface area contributed by atoms with Crippen LogP contribution in [0.4, 0.5) is 0 Å². The third-order valence-corrected chi connectivity index (χ3v) is 3.27. The molecule has 0 saturated heterocycles. The van der Waals surface area contributed by atoms with Crippen molar-refractivity contribution in [3.63, 3.8) is 0 Å². The topological polar surface area (TPSA) is 66.4 Å². The highest BCUT2D eigenvalue weighted by Crippen LogP contribution is 2.15. The van der Waals surface area contributed by atoms with Gasteiger partial charge in [0.1, 0.15) is 0 Å². The molecule has 0 saturated carbocycles. The summed E-state index contributed by atoms with van der Waals surface area (Å²) >= 11 is 0. The number of carboxylic acids is 1. The third-order valence-electron chi connectivity index (χ3n) is 3.27. The Morgan fingerprint density at radius 1 is 1.05 bits per heavy atom. The number of amides is 1. The molecule has 4 heteroatoms. The number of carbonyl (C=O) groups is 2. The van der Waals surface area contributed by atoms with Crippen LogP contribution in [0.25, 0.3) is 0 Å². The molecule has 1 unspecified atom stereocenters. The van der Waals surface area contributed by atoms with Crippen molar-refractivity contribution in [2.24, 2.45) is 17.8 Å². The van der Waals surface area contributed by atoms with Crippen LogP contribution in [0.2, 0.25) is 0 Å². The Morgan fingerprint density at radius 2 is 1.58 bits per heavy atom. The number of aliphatic carboxylic acids is 1. The van der Waals surface area contributed by atoms with E-state index >= 15 is 0 Å². The zero-order valence-electron chi connectivity index (χ0n) is 12.7. The summed E-state index contributed by atoms with van der Waals surface area (Å²) in [5.41, 5.74) is 0. The highest BCUT2D eigenvalue weighted by atomic mass is 16.4. The summed E-state index contributed by atoms with van der Waals surface area (Å²) in [7, 11) is 0. The summed E-state index contributed by atoms with van der Waals surface area (Å²) in [6.07, 6.45) is 4.31. The summed E-state index contributed by atoms with van der Waals surface area (Å²) in [6.45, 7) is 8.36. The smallest absolute Gasteiger partial charge is 0.308 e. The van der Waals surface area contributed by atoms with E-state index in [1.165, 1.54) is 0 Å². The lowest BCUT2D eigenvalue weighted by atomic mass is 9.95. The molecule has 4 nitrogen and oxygen atoms in total. The minimum atomic E-state index is -0.823. The molecule has 19 heavy (non-hydrogen) atoms. The molecule has 0 aromatic rings. The quantitative estimate of drug-likeness (QED) is 0.641. The largest absolute Gasteiger partial charge is 0.481 e. The number of carbonyl (C=O) groups excluding carboxylic acids is 1. The average Bonchev–Trinajstić information content (AvgIpc) is 2.33. The number of hydrogen-bond acceptors (Lipinski definition) is 2. The minimum Gasteiger partial charge on any atom is -0.481 e. The van der Waals surface area contributed by atoms with Crippen LogP contribution in [0.5, 0.6) is 0 Å². The van der Waals surface area contributed by atoms with Crippen LogP contribution in [0, 0.1) is 17.8 Å². The SMILES string of the molecule is CCCC(CCC)C(=O)NCC(CC(C)C)C(=O)O. The van der Waals surface area contributed by atoms with E-state index in [-0.39, 0.29) is 18.4 Å². The maximum Gasteiger partial charge on any atom is 0.308 e. The van der Waals surface area contributed by atoms with Crippen LogP contribution in [0.1, 0.15) is 59.8 Å². The number of carboxylic acid groups (broad SMARTS) is 1. The number of hydrogen-bond donors (Lipinski definition) is 2. The molecule has 0 radical (unpaired) electrons. The summed E-state index contributed by atoms with van der Waals surface area (Å²) < 4.78 is 0. The highest BCUT2D eigenvalue weighted by Gasteiger charge is 2.22. The van der Waals surface area contributed by atoms with Crippen LogP contribution >= 0.6 is 0 Å². The van der Waals surface area contributed by atoms with Crippen LogP contribution in [-0.4, -0.2) is 23.5 Å². The Labute approximate surface area is 117 Å². The van der Waals surface area contributed by atoms with Gasteiger partial charge in [0.05, 0.1) is 5.92 Å². The molecule has 0 fully saturated rings. The van der Waals surface area contributed by atoms with Gasteiger partial charge in [-0.05, 0) is 25.2 Å². The fourth-order valence-electron chi connectivity index (χ4n) is 2.31. The second-order valence-corrected chi connectivity index (χ2v) is 5.68. The van der Waals surface area contributed by atoms with Crippen LogP contribution in [-0.2, 0) is 9.59 Å². The zero-order chi connectivity index (χ0) is 14.8. The van der Waals surface area contributed by atoms with Gasteiger partial charge in [0.15, 0.2) is 0 Å². The van der Waals surface area contributed by atoms with E-state index in [4.69, 9.17) is 5.11 Å². The lowest BCUT2D eigenvalue weighted by Crippen LogP contribution is -2.37. The third kappa shape index (κ3) is 7.85. The lowest BCUT2D eigenvalue weighted by Gasteiger charge is -2.19. The minimum absolute atomic E-state index is 0.0127. The molecular weight excluding hydrogens is 242 g/mol. The maximum atomic E-state index is 12.0. The van der Waals surface area contributed by atoms with Gasteiger partial charge in [-0.1, -0.05) is 40.5 Å². The first-order valence-electron chi connectivity index (χ1n) is 7.42. The van der Waals surface area contributed by atoms with Crippen LogP contribution in [0.3, 0.4) is 0 Å². The summed E-state index contributed by atoms with van der Waals surface area (Å²) in [4.78, 5) is 23.1. The monoisotopic (exact) mass is 271 g/mol. The average molecular weight is 271 g/mol. The first-order valence-corrected chi connectivity index (χ1v) is 7.42. The highest BCUT2D eigenvalue weighted by molar-refractivity contribution is 5.79. The van der Waals surface area contributed by atoms with Crippen LogP contribution < -0.4 is 5.32 Å².